The summed E-state index contributed by atoms with van der Waals surface area (Å²) in [5, 5.41) is 2.22. The van der Waals surface area contributed by atoms with Gasteiger partial charge in [-0.25, -0.2) is 0 Å². The van der Waals surface area contributed by atoms with Crippen LogP contribution < -0.4 is 9.47 Å². The molecule has 0 atom stereocenters. The molecule has 5 nitrogen and oxygen atoms in total. The van der Waals surface area contributed by atoms with E-state index >= 15 is 0 Å². The van der Waals surface area contributed by atoms with E-state index in [1.54, 1.807) is 18.2 Å². The molecule has 1 saturated heterocycles. The van der Waals surface area contributed by atoms with Crippen LogP contribution in [0.3, 0.4) is 0 Å². The van der Waals surface area contributed by atoms with Crippen molar-refractivity contribution in [1.82, 2.24) is 4.90 Å². The average Bonchev–Trinajstić information content (AvgIpc) is 3.16. The summed E-state index contributed by atoms with van der Waals surface area (Å²) < 4.78 is 11.5. The molecule has 4 aromatic carbocycles. The number of amides is 2. The van der Waals surface area contributed by atoms with Gasteiger partial charge in [-0.1, -0.05) is 77.8 Å². The number of benzene rings is 4. The molecule has 0 radical (unpaired) electrons. The lowest BCUT2D eigenvalue weighted by molar-refractivity contribution is -0.123. The SMILES string of the molecule is COc1cc(/C=C2\SC(=O)N(Cc3ccc4ccccc4c3)C2=O)cc(Cl)c1OCc1ccc(C)cc1. The van der Waals surface area contributed by atoms with Crippen LogP contribution >= 0.6 is 23.4 Å². The molecule has 0 N–H and O–H groups in total. The van der Waals surface area contributed by atoms with Gasteiger partial charge in [-0.05, 0) is 70.4 Å². The summed E-state index contributed by atoms with van der Waals surface area (Å²) in [6.07, 6.45) is 1.66. The molecule has 0 aliphatic carbocycles. The van der Waals surface area contributed by atoms with E-state index in [4.69, 9.17) is 21.1 Å². The van der Waals surface area contributed by atoms with Crippen molar-refractivity contribution < 1.29 is 19.1 Å². The highest BCUT2D eigenvalue weighted by Gasteiger charge is 2.35. The zero-order valence-electron chi connectivity index (χ0n) is 20.4. The maximum Gasteiger partial charge on any atom is 0.293 e. The molecule has 4 aromatic rings. The van der Waals surface area contributed by atoms with Gasteiger partial charge in [0.05, 0.1) is 23.6 Å². The number of aryl methyl sites for hydroxylation is 1. The number of ether oxygens (including phenoxy) is 2. The van der Waals surface area contributed by atoms with Crippen LogP contribution in [0.1, 0.15) is 22.3 Å². The molecule has 186 valence electrons. The molecule has 1 fully saturated rings. The highest BCUT2D eigenvalue weighted by molar-refractivity contribution is 8.18. The Kier molecular flexibility index (Phi) is 7.22. The predicted molar refractivity (Wildman–Crippen MR) is 149 cm³/mol. The fourth-order valence-corrected chi connectivity index (χ4v) is 5.22. The standard InChI is InChI=1S/C30H24ClNO4S/c1-19-7-9-20(10-8-19)18-36-28-25(31)14-22(15-26(28)35-2)16-27-29(33)32(30(34)37-27)17-21-11-12-23-5-3-4-6-24(23)13-21/h3-16H,17-18H2,1-2H3/b27-16-. The first-order valence-corrected chi connectivity index (χ1v) is 12.9. The fourth-order valence-electron chi connectivity index (χ4n) is 4.11. The van der Waals surface area contributed by atoms with Gasteiger partial charge in [0, 0.05) is 0 Å². The van der Waals surface area contributed by atoms with Gasteiger partial charge in [-0.2, -0.15) is 0 Å². The monoisotopic (exact) mass is 529 g/mol. The number of carbonyl (C=O) groups is 2. The lowest BCUT2D eigenvalue weighted by atomic mass is 10.1. The van der Waals surface area contributed by atoms with Crippen LogP contribution in [0.25, 0.3) is 16.8 Å². The largest absolute Gasteiger partial charge is 0.493 e. The zero-order chi connectivity index (χ0) is 25.9. The minimum atomic E-state index is -0.335. The molecule has 1 heterocycles. The van der Waals surface area contributed by atoms with Crippen LogP contribution in [-0.2, 0) is 17.9 Å². The molecule has 0 unspecified atom stereocenters. The molecule has 37 heavy (non-hydrogen) atoms. The number of methoxy groups -OCH3 is 1. The fraction of sp³-hybridized carbons (Fsp3) is 0.133. The van der Waals surface area contributed by atoms with Gasteiger partial charge in [0.25, 0.3) is 11.1 Å². The van der Waals surface area contributed by atoms with Crippen molar-refractivity contribution in [3.8, 4) is 11.5 Å². The van der Waals surface area contributed by atoms with E-state index in [0.29, 0.717) is 33.6 Å². The number of hydrogen-bond acceptors (Lipinski definition) is 5. The molecule has 0 spiro atoms. The third-order valence-electron chi connectivity index (χ3n) is 6.08. The predicted octanol–water partition coefficient (Wildman–Crippen LogP) is 7.63. The van der Waals surface area contributed by atoms with Crippen molar-refractivity contribution >= 4 is 51.4 Å². The van der Waals surface area contributed by atoms with Crippen molar-refractivity contribution in [2.45, 2.75) is 20.1 Å². The number of fused-ring (bicyclic) bond motifs is 1. The van der Waals surface area contributed by atoms with Gasteiger partial charge < -0.3 is 9.47 Å². The highest BCUT2D eigenvalue weighted by Crippen LogP contribution is 2.39. The molecular formula is C30H24ClNO4S. The normalized spacial score (nSPS) is 14.6. The first-order chi connectivity index (χ1) is 17.9. The third kappa shape index (κ3) is 5.50. The third-order valence-corrected chi connectivity index (χ3v) is 7.27. The minimum Gasteiger partial charge on any atom is -0.493 e. The summed E-state index contributed by atoms with van der Waals surface area (Å²) >= 11 is 7.45. The highest BCUT2D eigenvalue weighted by atomic mass is 35.5. The van der Waals surface area contributed by atoms with Crippen LogP contribution in [0.5, 0.6) is 11.5 Å². The number of carbonyl (C=O) groups excluding carboxylic acids is 2. The molecule has 0 aromatic heterocycles. The Morgan fingerprint density at radius 1 is 0.919 bits per heavy atom. The average molecular weight is 530 g/mol. The van der Waals surface area contributed by atoms with E-state index in [1.165, 1.54) is 17.6 Å². The van der Waals surface area contributed by atoms with Crippen LogP contribution in [0, 0.1) is 6.92 Å². The smallest absolute Gasteiger partial charge is 0.293 e. The van der Waals surface area contributed by atoms with Gasteiger partial charge in [0.2, 0.25) is 0 Å². The maximum atomic E-state index is 13.1. The lowest BCUT2D eigenvalue weighted by Gasteiger charge is -2.14. The van der Waals surface area contributed by atoms with Crippen molar-refractivity contribution in [2.24, 2.45) is 0 Å². The second-order valence-corrected chi connectivity index (χ2v) is 10.2. The van der Waals surface area contributed by atoms with Gasteiger partial charge in [0.1, 0.15) is 6.61 Å². The summed E-state index contributed by atoms with van der Waals surface area (Å²) in [6.45, 7) is 2.58. The Balaban J connectivity index is 1.34. The molecule has 1 aliphatic rings. The first kappa shape index (κ1) is 24.9. The van der Waals surface area contributed by atoms with Crippen LogP contribution in [0.15, 0.2) is 83.8 Å². The molecule has 0 bridgehead atoms. The second kappa shape index (κ2) is 10.7. The number of thioether (sulfide) groups is 1. The summed E-state index contributed by atoms with van der Waals surface area (Å²) in [7, 11) is 1.53. The lowest BCUT2D eigenvalue weighted by Crippen LogP contribution is -2.27. The van der Waals surface area contributed by atoms with Gasteiger partial charge in [-0.15, -0.1) is 0 Å². The van der Waals surface area contributed by atoms with Crippen molar-refractivity contribution in [3.63, 3.8) is 0 Å². The first-order valence-electron chi connectivity index (χ1n) is 11.7. The summed E-state index contributed by atoms with van der Waals surface area (Å²) in [5.41, 5.74) is 3.71. The van der Waals surface area contributed by atoms with Crippen molar-refractivity contribution in [2.75, 3.05) is 7.11 Å². The second-order valence-electron chi connectivity index (χ2n) is 8.76. The van der Waals surface area contributed by atoms with Crippen LogP contribution in [0.4, 0.5) is 4.79 Å². The Morgan fingerprint density at radius 2 is 1.65 bits per heavy atom. The number of rotatable bonds is 7. The van der Waals surface area contributed by atoms with Gasteiger partial charge >= 0.3 is 0 Å². The van der Waals surface area contributed by atoms with Gasteiger partial charge in [-0.3, -0.25) is 14.5 Å². The Labute approximate surface area is 224 Å². The quantitative estimate of drug-likeness (QED) is 0.230. The topological polar surface area (TPSA) is 55.8 Å². The van der Waals surface area contributed by atoms with Gasteiger partial charge in [0.15, 0.2) is 11.5 Å². The van der Waals surface area contributed by atoms with Crippen LogP contribution in [0.2, 0.25) is 5.02 Å². The van der Waals surface area contributed by atoms with E-state index < -0.39 is 0 Å². The molecule has 5 rings (SSSR count). The minimum absolute atomic E-state index is 0.211. The number of halogens is 1. The number of imide groups is 1. The van der Waals surface area contributed by atoms with E-state index in [9.17, 15) is 9.59 Å². The molecule has 2 amide bonds. The van der Waals surface area contributed by atoms with E-state index in [1.807, 2.05) is 73.7 Å². The number of hydrogen-bond donors (Lipinski definition) is 0. The summed E-state index contributed by atoms with van der Waals surface area (Å²) in [6, 6.07) is 25.4. The Hall–Kier alpha value is -3.74. The molecule has 7 heteroatoms. The van der Waals surface area contributed by atoms with E-state index in [2.05, 4.69) is 0 Å². The zero-order valence-corrected chi connectivity index (χ0v) is 21.9. The molecule has 1 aliphatic heterocycles. The summed E-state index contributed by atoms with van der Waals surface area (Å²) in [5.74, 6) is 0.533. The van der Waals surface area contributed by atoms with E-state index in [-0.39, 0.29) is 17.7 Å². The van der Waals surface area contributed by atoms with Crippen molar-refractivity contribution in [3.05, 3.63) is 111 Å². The summed E-state index contributed by atoms with van der Waals surface area (Å²) in [4.78, 5) is 27.4. The Morgan fingerprint density at radius 3 is 2.41 bits per heavy atom. The van der Waals surface area contributed by atoms with Crippen molar-refractivity contribution in [1.29, 1.82) is 0 Å². The molecule has 0 saturated carbocycles. The Bertz CT molecular complexity index is 1530. The molecular weight excluding hydrogens is 506 g/mol. The van der Waals surface area contributed by atoms with Crippen LogP contribution in [-0.4, -0.2) is 23.2 Å². The van der Waals surface area contributed by atoms with E-state index in [0.717, 1.165) is 33.7 Å². The maximum absolute atomic E-state index is 13.1. The number of nitrogens with zero attached hydrogens (tertiary/aromatic N) is 1.